The molecule has 0 amide bonds. The molecule has 4 heteroatoms. The molecule has 0 atom stereocenters. The Balaban J connectivity index is 2.19. The van der Waals surface area contributed by atoms with Crippen LogP contribution in [0.1, 0.15) is 11.1 Å². The van der Waals surface area contributed by atoms with Gasteiger partial charge in [-0.2, -0.15) is 0 Å². The molecule has 0 saturated heterocycles. The largest absolute Gasteiger partial charge is 0.487 e. The summed E-state index contributed by atoms with van der Waals surface area (Å²) in [6, 6.07) is 8.36. The van der Waals surface area contributed by atoms with Gasteiger partial charge in [-0.25, -0.2) is 4.98 Å². The number of ether oxygens (including phenoxy) is 1. The number of methoxy groups -OCH3 is 1. The zero-order valence-electron chi connectivity index (χ0n) is 10.5. The van der Waals surface area contributed by atoms with E-state index in [0.29, 0.717) is 0 Å². The van der Waals surface area contributed by atoms with E-state index in [1.165, 1.54) is 20.7 Å². The van der Waals surface area contributed by atoms with E-state index in [1.54, 1.807) is 29.8 Å². The molecule has 0 fully saturated rings. The molecule has 3 aromatic rings. The van der Waals surface area contributed by atoms with Gasteiger partial charge < -0.3 is 4.74 Å². The predicted octanol–water partition coefficient (Wildman–Crippen LogP) is 4.65. The van der Waals surface area contributed by atoms with Gasteiger partial charge in [-0.05, 0) is 37.1 Å². The third-order valence-corrected chi connectivity index (χ3v) is 5.34. The molecule has 0 aliphatic carbocycles. The maximum atomic E-state index is 5.23. The number of rotatable bonds is 2. The highest BCUT2D eigenvalue weighted by molar-refractivity contribution is 7.26. The molecule has 0 N–H and O–H groups in total. The van der Waals surface area contributed by atoms with Crippen molar-refractivity contribution in [2.24, 2.45) is 0 Å². The zero-order chi connectivity index (χ0) is 12.7. The van der Waals surface area contributed by atoms with Gasteiger partial charge in [0.25, 0.3) is 0 Å². The van der Waals surface area contributed by atoms with Crippen molar-refractivity contribution in [2.75, 3.05) is 7.11 Å². The fraction of sp³-hybridized carbons (Fsp3) is 0.214. The number of aryl methyl sites for hydroxylation is 2. The number of hydrogen-bond acceptors (Lipinski definition) is 4. The minimum absolute atomic E-state index is 0.928. The smallest absolute Gasteiger partial charge is 0.173 e. The second-order valence-corrected chi connectivity index (χ2v) is 6.26. The first kappa shape index (κ1) is 11.7. The summed E-state index contributed by atoms with van der Waals surface area (Å²) < 4.78 is 6.52. The highest BCUT2D eigenvalue weighted by Gasteiger charge is 2.12. The molecular formula is C14H13NOS2. The second kappa shape index (κ2) is 4.37. The van der Waals surface area contributed by atoms with E-state index in [4.69, 9.17) is 9.72 Å². The summed E-state index contributed by atoms with van der Waals surface area (Å²) >= 11 is 3.40. The van der Waals surface area contributed by atoms with E-state index in [0.717, 1.165) is 15.6 Å². The van der Waals surface area contributed by atoms with E-state index in [-0.39, 0.29) is 0 Å². The third kappa shape index (κ3) is 1.82. The number of nitrogens with zero attached hydrogens (tertiary/aromatic N) is 1. The molecule has 0 radical (unpaired) electrons. The Morgan fingerprint density at radius 3 is 2.44 bits per heavy atom. The van der Waals surface area contributed by atoms with Crippen LogP contribution in [0, 0.1) is 13.8 Å². The van der Waals surface area contributed by atoms with Crippen molar-refractivity contribution < 1.29 is 4.74 Å². The maximum absolute atomic E-state index is 5.23. The Hall–Kier alpha value is -1.39. The van der Waals surface area contributed by atoms with Gasteiger partial charge >= 0.3 is 0 Å². The highest BCUT2D eigenvalue weighted by Crippen LogP contribution is 2.38. The van der Waals surface area contributed by atoms with Crippen LogP contribution in [0.3, 0.4) is 0 Å². The highest BCUT2D eigenvalue weighted by atomic mass is 32.1. The van der Waals surface area contributed by atoms with Gasteiger partial charge in [0.2, 0.25) is 0 Å². The fourth-order valence-corrected chi connectivity index (χ4v) is 3.90. The lowest BCUT2D eigenvalue weighted by molar-refractivity contribution is 0.427. The Bertz CT molecular complexity index is 673. The average molecular weight is 275 g/mol. The summed E-state index contributed by atoms with van der Waals surface area (Å²) in [5.41, 5.74) is 3.66. The minimum atomic E-state index is 0.928. The molecule has 0 unspecified atom stereocenters. The first-order valence-electron chi connectivity index (χ1n) is 5.70. The Labute approximate surface area is 114 Å². The van der Waals surface area contributed by atoms with E-state index < -0.39 is 0 Å². The van der Waals surface area contributed by atoms with Crippen molar-refractivity contribution in [3.05, 3.63) is 35.4 Å². The van der Waals surface area contributed by atoms with Crippen molar-refractivity contribution >= 4 is 32.9 Å². The normalized spacial score (nSPS) is 11.1. The number of thiazole rings is 1. The molecule has 0 aliphatic rings. The maximum Gasteiger partial charge on any atom is 0.173 e. The van der Waals surface area contributed by atoms with Crippen LogP contribution in [-0.2, 0) is 0 Å². The minimum Gasteiger partial charge on any atom is -0.487 e. The van der Waals surface area contributed by atoms with Gasteiger partial charge in [0.05, 0.1) is 22.2 Å². The van der Waals surface area contributed by atoms with Crippen molar-refractivity contribution in [3.63, 3.8) is 0 Å². The summed E-state index contributed by atoms with van der Waals surface area (Å²) in [4.78, 5) is 5.94. The van der Waals surface area contributed by atoms with Crippen LogP contribution >= 0.6 is 22.7 Å². The van der Waals surface area contributed by atoms with E-state index >= 15 is 0 Å². The van der Waals surface area contributed by atoms with Crippen molar-refractivity contribution in [1.29, 1.82) is 0 Å². The van der Waals surface area contributed by atoms with Crippen LogP contribution in [0.15, 0.2) is 24.3 Å². The van der Waals surface area contributed by atoms with Gasteiger partial charge in [0.1, 0.15) is 5.01 Å². The Kier molecular flexibility index (Phi) is 2.84. The van der Waals surface area contributed by atoms with Crippen molar-refractivity contribution in [2.45, 2.75) is 13.8 Å². The Morgan fingerprint density at radius 1 is 1.00 bits per heavy atom. The predicted molar refractivity (Wildman–Crippen MR) is 79.0 cm³/mol. The van der Waals surface area contributed by atoms with Crippen LogP contribution in [0.2, 0.25) is 0 Å². The molecule has 1 aromatic carbocycles. The molecule has 2 heterocycles. The average Bonchev–Trinajstić information content (AvgIpc) is 2.99. The number of benzene rings is 1. The van der Waals surface area contributed by atoms with Gasteiger partial charge in [-0.3, -0.25) is 0 Å². The van der Waals surface area contributed by atoms with Crippen LogP contribution in [-0.4, -0.2) is 12.1 Å². The van der Waals surface area contributed by atoms with Crippen LogP contribution in [0.4, 0.5) is 0 Å². The molecule has 3 rings (SSSR count). The first-order chi connectivity index (χ1) is 8.69. The molecule has 0 saturated carbocycles. The second-order valence-electron chi connectivity index (χ2n) is 4.22. The summed E-state index contributed by atoms with van der Waals surface area (Å²) in [6.07, 6.45) is 0. The number of aromatic nitrogens is 1. The molecule has 2 nitrogen and oxygen atoms in total. The molecular weight excluding hydrogens is 262 g/mol. The molecule has 0 spiro atoms. The SMILES string of the molecule is COc1ccc(-c2nc3c(C)ccc(C)c3s2)s1. The van der Waals surface area contributed by atoms with Crippen molar-refractivity contribution in [1.82, 2.24) is 4.98 Å². The number of hydrogen-bond donors (Lipinski definition) is 0. The molecule has 92 valence electrons. The van der Waals surface area contributed by atoms with E-state index in [2.05, 4.69) is 32.0 Å². The summed E-state index contributed by atoms with van der Waals surface area (Å²) in [5.74, 6) is 0. The Morgan fingerprint density at radius 2 is 1.78 bits per heavy atom. The quantitative estimate of drug-likeness (QED) is 0.679. The monoisotopic (exact) mass is 275 g/mol. The molecule has 0 bridgehead atoms. The van der Waals surface area contributed by atoms with Gasteiger partial charge in [-0.15, -0.1) is 11.3 Å². The van der Waals surface area contributed by atoms with Gasteiger partial charge in [0, 0.05) is 0 Å². The van der Waals surface area contributed by atoms with Crippen LogP contribution in [0.25, 0.3) is 20.1 Å². The first-order valence-corrected chi connectivity index (χ1v) is 7.33. The topological polar surface area (TPSA) is 22.1 Å². The van der Waals surface area contributed by atoms with Gasteiger partial charge in [0.15, 0.2) is 5.06 Å². The summed E-state index contributed by atoms with van der Waals surface area (Å²) in [5, 5.41) is 2.01. The number of fused-ring (bicyclic) bond motifs is 1. The molecule has 2 aromatic heterocycles. The number of thiophene rings is 1. The molecule has 18 heavy (non-hydrogen) atoms. The van der Waals surface area contributed by atoms with Gasteiger partial charge in [-0.1, -0.05) is 23.5 Å². The lowest BCUT2D eigenvalue weighted by atomic mass is 10.1. The van der Waals surface area contributed by atoms with Crippen LogP contribution in [0.5, 0.6) is 5.06 Å². The zero-order valence-corrected chi connectivity index (χ0v) is 12.1. The lowest BCUT2D eigenvalue weighted by Gasteiger charge is -1.96. The summed E-state index contributed by atoms with van der Waals surface area (Å²) in [7, 11) is 1.70. The van der Waals surface area contributed by atoms with Crippen LogP contribution < -0.4 is 4.74 Å². The van der Waals surface area contributed by atoms with Crippen molar-refractivity contribution in [3.8, 4) is 14.9 Å². The summed E-state index contributed by atoms with van der Waals surface area (Å²) in [6.45, 7) is 4.25. The van der Waals surface area contributed by atoms with E-state index in [9.17, 15) is 0 Å². The van der Waals surface area contributed by atoms with E-state index in [1.807, 2.05) is 6.07 Å². The lowest BCUT2D eigenvalue weighted by Crippen LogP contribution is -1.78. The third-order valence-electron chi connectivity index (χ3n) is 2.94. The standard InChI is InChI=1S/C14H13NOS2/c1-8-4-5-9(2)13-12(8)15-14(18-13)10-6-7-11(16-3)17-10/h4-7H,1-3H3. The molecule has 0 aliphatic heterocycles. The fourth-order valence-electron chi connectivity index (χ4n) is 1.91.